The van der Waals surface area contributed by atoms with Crippen molar-refractivity contribution < 1.29 is 23.1 Å². The first-order chi connectivity index (χ1) is 9.79. The summed E-state index contributed by atoms with van der Waals surface area (Å²) in [5.74, 6) is -1.30. The van der Waals surface area contributed by atoms with Gasteiger partial charge in [-0.15, -0.1) is 0 Å². The Morgan fingerprint density at radius 2 is 2.14 bits per heavy atom. The largest absolute Gasteiger partial charge is 0.478 e. The van der Waals surface area contributed by atoms with Crippen LogP contribution in [0.25, 0.3) is 0 Å². The van der Waals surface area contributed by atoms with Crippen molar-refractivity contribution in [3.05, 3.63) is 23.8 Å². The number of carboxylic acids is 1. The Bertz CT molecular complexity index is 676. The van der Waals surface area contributed by atoms with E-state index in [0.29, 0.717) is 6.42 Å². The summed E-state index contributed by atoms with van der Waals surface area (Å²) in [4.78, 5) is 21.7. The number of amides is 1. The second kappa shape index (κ2) is 5.70. The van der Waals surface area contributed by atoms with Gasteiger partial charge in [-0.1, -0.05) is 0 Å². The molecule has 1 atom stereocenters. The Balaban J connectivity index is 2.19. The molecule has 1 aliphatic rings. The summed E-state index contributed by atoms with van der Waals surface area (Å²) in [5.41, 5.74) is 5.40. The molecule has 0 bridgehead atoms. The lowest BCUT2D eigenvalue weighted by Gasteiger charge is -2.23. The maximum Gasteiger partial charge on any atom is 0.335 e. The van der Waals surface area contributed by atoms with Crippen molar-refractivity contribution in [2.45, 2.75) is 23.8 Å². The molecule has 0 aromatic heterocycles. The fourth-order valence-corrected chi connectivity index (χ4v) is 3.43. The van der Waals surface area contributed by atoms with Crippen LogP contribution in [0, 0.1) is 0 Å². The Morgan fingerprint density at radius 3 is 2.67 bits per heavy atom. The number of sulfonamides is 1. The minimum Gasteiger partial charge on any atom is -0.478 e. The van der Waals surface area contributed by atoms with E-state index in [1.807, 2.05) is 0 Å². The Labute approximate surface area is 121 Å². The molecular weight excluding hydrogens is 298 g/mol. The number of piperidine rings is 1. The molecule has 1 fully saturated rings. The fourth-order valence-electron chi connectivity index (χ4n) is 2.04. The van der Waals surface area contributed by atoms with E-state index < -0.39 is 22.0 Å². The number of carbonyl (C=O) groups excluding carboxylic acids is 1. The van der Waals surface area contributed by atoms with Crippen LogP contribution in [0.2, 0.25) is 0 Å². The lowest BCUT2D eigenvalue weighted by Crippen LogP contribution is -2.47. The summed E-state index contributed by atoms with van der Waals surface area (Å²) in [6.45, 7) is 0.213. The quantitative estimate of drug-likeness (QED) is 0.554. The molecule has 21 heavy (non-hydrogen) atoms. The number of benzene rings is 1. The third kappa shape index (κ3) is 3.50. The van der Waals surface area contributed by atoms with Gasteiger partial charge < -0.3 is 16.2 Å². The molecule has 114 valence electrons. The summed E-state index contributed by atoms with van der Waals surface area (Å²) >= 11 is 0. The third-order valence-corrected chi connectivity index (χ3v) is 4.73. The monoisotopic (exact) mass is 313 g/mol. The molecule has 8 nitrogen and oxygen atoms in total. The highest BCUT2D eigenvalue weighted by Crippen LogP contribution is 2.20. The first-order valence-corrected chi connectivity index (χ1v) is 7.70. The van der Waals surface area contributed by atoms with Crippen molar-refractivity contribution in [1.29, 1.82) is 0 Å². The van der Waals surface area contributed by atoms with Gasteiger partial charge in [0, 0.05) is 19.0 Å². The summed E-state index contributed by atoms with van der Waals surface area (Å²) in [6.07, 6.45) is 0.652. The number of nitrogens with two attached hydrogens (primary N) is 1. The zero-order valence-corrected chi connectivity index (χ0v) is 11.8. The number of anilines is 1. The molecule has 1 aromatic rings. The van der Waals surface area contributed by atoms with Crippen LogP contribution in [0.4, 0.5) is 5.69 Å². The SMILES string of the molecule is Nc1cc(C(=O)O)ccc1S(=O)(=O)NC1CCC(=O)NC1. The number of aromatic carboxylic acids is 1. The second-order valence-electron chi connectivity index (χ2n) is 4.72. The topological polar surface area (TPSA) is 139 Å². The minimum atomic E-state index is -3.87. The molecule has 1 amide bonds. The van der Waals surface area contributed by atoms with Crippen molar-refractivity contribution in [1.82, 2.24) is 10.0 Å². The highest BCUT2D eigenvalue weighted by Gasteiger charge is 2.25. The zero-order valence-electron chi connectivity index (χ0n) is 11.0. The van der Waals surface area contributed by atoms with E-state index in [0.717, 1.165) is 12.1 Å². The van der Waals surface area contributed by atoms with Crippen molar-refractivity contribution in [2.75, 3.05) is 12.3 Å². The van der Waals surface area contributed by atoms with Gasteiger partial charge in [0.15, 0.2) is 0 Å². The maximum absolute atomic E-state index is 12.2. The normalized spacial score (nSPS) is 19.0. The second-order valence-corrected chi connectivity index (χ2v) is 6.40. The predicted octanol–water partition coefficient (Wildman–Crippen LogP) is -0.476. The van der Waals surface area contributed by atoms with Gasteiger partial charge in [-0.05, 0) is 24.6 Å². The first-order valence-electron chi connectivity index (χ1n) is 6.21. The summed E-state index contributed by atoms with van der Waals surface area (Å²) in [7, 11) is -3.87. The number of nitrogens with one attached hydrogen (secondary N) is 2. The molecule has 2 rings (SSSR count). The van der Waals surface area contributed by atoms with Gasteiger partial charge in [0.25, 0.3) is 0 Å². The molecule has 0 spiro atoms. The number of hydrogen-bond acceptors (Lipinski definition) is 5. The van der Waals surface area contributed by atoms with Gasteiger partial charge in [-0.2, -0.15) is 0 Å². The standard InChI is InChI=1S/C12H15N3O5S/c13-9-5-7(12(17)18)1-3-10(9)21(19,20)15-8-2-4-11(16)14-6-8/h1,3,5,8,15H,2,4,6,13H2,(H,14,16)(H,17,18). The molecule has 1 aliphatic heterocycles. The van der Waals surface area contributed by atoms with Crippen molar-refractivity contribution in [3.8, 4) is 0 Å². The Hall–Kier alpha value is -2.13. The lowest BCUT2D eigenvalue weighted by atomic mass is 10.1. The average molecular weight is 313 g/mol. The highest BCUT2D eigenvalue weighted by atomic mass is 32.2. The van der Waals surface area contributed by atoms with Crippen LogP contribution in [0.3, 0.4) is 0 Å². The Morgan fingerprint density at radius 1 is 1.43 bits per heavy atom. The average Bonchev–Trinajstić information content (AvgIpc) is 2.40. The smallest absolute Gasteiger partial charge is 0.335 e. The van der Waals surface area contributed by atoms with E-state index in [1.165, 1.54) is 6.07 Å². The zero-order chi connectivity index (χ0) is 15.6. The molecule has 1 unspecified atom stereocenters. The molecule has 1 saturated heterocycles. The van der Waals surface area contributed by atoms with Gasteiger partial charge >= 0.3 is 5.97 Å². The number of carbonyl (C=O) groups is 2. The first kappa shape index (κ1) is 15.3. The molecule has 1 heterocycles. The van der Waals surface area contributed by atoms with Crippen LogP contribution in [0.5, 0.6) is 0 Å². The summed E-state index contributed by atoms with van der Waals surface area (Å²) in [5, 5.41) is 11.4. The predicted molar refractivity (Wildman–Crippen MR) is 74.2 cm³/mol. The molecule has 0 aliphatic carbocycles. The summed E-state index contributed by atoms with van der Waals surface area (Å²) in [6, 6.07) is 3.02. The van der Waals surface area contributed by atoms with Crippen LogP contribution in [0.1, 0.15) is 23.2 Å². The van der Waals surface area contributed by atoms with E-state index in [-0.39, 0.29) is 35.0 Å². The van der Waals surface area contributed by atoms with Gasteiger partial charge in [-0.25, -0.2) is 17.9 Å². The van der Waals surface area contributed by atoms with Gasteiger partial charge in [0.05, 0.1) is 11.3 Å². The van der Waals surface area contributed by atoms with Gasteiger partial charge in [0.2, 0.25) is 15.9 Å². The van der Waals surface area contributed by atoms with E-state index in [9.17, 15) is 18.0 Å². The van der Waals surface area contributed by atoms with E-state index >= 15 is 0 Å². The number of carboxylic acid groups (broad SMARTS) is 1. The molecule has 0 radical (unpaired) electrons. The Kier molecular flexibility index (Phi) is 4.14. The molecule has 5 N–H and O–H groups in total. The third-order valence-electron chi connectivity index (χ3n) is 3.13. The number of hydrogen-bond donors (Lipinski definition) is 4. The number of nitrogen functional groups attached to an aromatic ring is 1. The van der Waals surface area contributed by atoms with Crippen LogP contribution < -0.4 is 15.8 Å². The lowest BCUT2D eigenvalue weighted by molar-refractivity contribution is -0.122. The highest BCUT2D eigenvalue weighted by molar-refractivity contribution is 7.89. The van der Waals surface area contributed by atoms with Crippen molar-refractivity contribution >= 4 is 27.6 Å². The molecule has 1 aromatic carbocycles. The van der Waals surface area contributed by atoms with Crippen LogP contribution in [-0.4, -0.2) is 38.0 Å². The fraction of sp³-hybridized carbons (Fsp3) is 0.333. The van der Waals surface area contributed by atoms with Crippen LogP contribution >= 0.6 is 0 Å². The molecule has 9 heteroatoms. The minimum absolute atomic E-state index is 0.0867. The van der Waals surface area contributed by atoms with E-state index in [1.54, 1.807) is 0 Å². The maximum atomic E-state index is 12.2. The van der Waals surface area contributed by atoms with Gasteiger partial charge in [0.1, 0.15) is 4.90 Å². The van der Waals surface area contributed by atoms with Gasteiger partial charge in [-0.3, -0.25) is 4.79 Å². The number of rotatable bonds is 4. The van der Waals surface area contributed by atoms with Crippen molar-refractivity contribution in [3.63, 3.8) is 0 Å². The van der Waals surface area contributed by atoms with Crippen molar-refractivity contribution in [2.24, 2.45) is 0 Å². The van der Waals surface area contributed by atoms with E-state index in [2.05, 4.69) is 10.0 Å². The summed E-state index contributed by atoms with van der Waals surface area (Å²) < 4.78 is 26.9. The van der Waals surface area contributed by atoms with Crippen LogP contribution in [-0.2, 0) is 14.8 Å². The van der Waals surface area contributed by atoms with E-state index in [4.69, 9.17) is 10.8 Å². The van der Waals surface area contributed by atoms with Crippen LogP contribution in [0.15, 0.2) is 23.1 Å². The molecular formula is C12H15N3O5S. The molecule has 0 saturated carbocycles.